The Kier molecular flexibility index (Phi) is 3.19. The normalized spacial score (nSPS) is 45.6. The van der Waals surface area contributed by atoms with E-state index in [-0.39, 0.29) is 0 Å². The van der Waals surface area contributed by atoms with Crippen LogP contribution in [0, 0.1) is 11.3 Å². The molecule has 1 heterocycles. The molecule has 0 aromatic rings. The van der Waals surface area contributed by atoms with Gasteiger partial charge in [-0.2, -0.15) is 5.26 Å². The van der Waals surface area contributed by atoms with Crippen molar-refractivity contribution < 1.29 is 25.2 Å². The molecule has 0 radical (unpaired) electrons. The lowest BCUT2D eigenvalue weighted by Gasteiger charge is -2.37. The van der Waals surface area contributed by atoms with Gasteiger partial charge < -0.3 is 25.2 Å². The van der Waals surface area contributed by atoms with Crippen molar-refractivity contribution in [3.05, 3.63) is 0 Å². The standard InChI is InChI=1S/C7H11NO5/c8-1-3-5(10)7(12)6(11)4(2-9)13-3/h3-7,9-12H,2H2/t3?,4-,5+,6+,7-/m1/s1. The minimum atomic E-state index is -1.46. The topological polar surface area (TPSA) is 114 Å². The van der Waals surface area contributed by atoms with Crippen LogP contribution in [0.15, 0.2) is 0 Å². The molecule has 1 aliphatic rings. The van der Waals surface area contributed by atoms with Gasteiger partial charge in [-0.25, -0.2) is 0 Å². The number of aliphatic hydroxyl groups excluding tert-OH is 4. The Morgan fingerprint density at radius 2 is 1.77 bits per heavy atom. The molecule has 0 spiro atoms. The SMILES string of the molecule is N#CC1O[C@H](CO)[C@H](O)[C@H](O)[C@H]1O. The Morgan fingerprint density at radius 3 is 2.23 bits per heavy atom. The highest BCUT2D eigenvalue weighted by Crippen LogP contribution is 2.20. The fraction of sp³-hybridized carbons (Fsp3) is 0.857. The number of rotatable bonds is 1. The number of aliphatic hydroxyl groups is 4. The van der Waals surface area contributed by atoms with Gasteiger partial charge in [0, 0.05) is 0 Å². The Labute approximate surface area is 74.6 Å². The van der Waals surface area contributed by atoms with Gasteiger partial charge in [-0.15, -0.1) is 0 Å². The van der Waals surface area contributed by atoms with E-state index in [1.165, 1.54) is 0 Å². The van der Waals surface area contributed by atoms with E-state index in [9.17, 15) is 15.3 Å². The van der Waals surface area contributed by atoms with Crippen molar-refractivity contribution in [3.63, 3.8) is 0 Å². The lowest BCUT2D eigenvalue weighted by atomic mass is 9.96. The van der Waals surface area contributed by atoms with Crippen molar-refractivity contribution in [2.24, 2.45) is 0 Å². The minimum absolute atomic E-state index is 0.511. The number of hydrogen-bond acceptors (Lipinski definition) is 6. The maximum absolute atomic E-state index is 9.22. The molecule has 1 unspecified atom stereocenters. The Bertz CT molecular complexity index is 213. The largest absolute Gasteiger partial charge is 0.394 e. The van der Waals surface area contributed by atoms with Crippen LogP contribution in [0.25, 0.3) is 0 Å². The maximum Gasteiger partial charge on any atom is 0.172 e. The number of hydrogen-bond donors (Lipinski definition) is 4. The summed E-state index contributed by atoms with van der Waals surface area (Å²) in [4.78, 5) is 0. The minimum Gasteiger partial charge on any atom is -0.394 e. The molecule has 1 saturated heterocycles. The van der Waals surface area contributed by atoms with Crippen LogP contribution in [0.2, 0.25) is 0 Å². The van der Waals surface area contributed by atoms with Crippen LogP contribution in [0.1, 0.15) is 0 Å². The van der Waals surface area contributed by atoms with E-state index < -0.39 is 37.1 Å². The summed E-state index contributed by atoms with van der Waals surface area (Å²) in [6.07, 6.45) is -6.51. The first-order chi connectivity index (χ1) is 6.11. The third kappa shape index (κ3) is 1.80. The lowest BCUT2D eigenvalue weighted by Crippen LogP contribution is -2.58. The van der Waals surface area contributed by atoms with Gasteiger partial charge in [0.05, 0.1) is 12.7 Å². The summed E-state index contributed by atoms with van der Waals surface area (Å²) in [5, 5.41) is 44.8. The average molecular weight is 189 g/mol. The molecule has 4 N–H and O–H groups in total. The summed E-state index contributed by atoms with van der Waals surface area (Å²) >= 11 is 0. The molecular formula is C7H11NO5. The summed E-state index contributed by atoms with van der Waals surface area (Å²) in [5.74, 6) is 0. The van der Waals surface area contributed by atoms with E-state index in [1.807, 2.05) is 0 Å². The summed E-state index contributed by atoms with van der Waals surface area (Å²) in [6, 6.07) is 1.61. The molecule has 1 aliphatic heterocycles. The van der Waals surface area contributed by atoms with Gasteiger partial charge in [0.1, 0.15) is 24.4 Å². The molecule has 6 nitrogen and oxygen atoms in total. The van der Waals surface area contributed by atoms with Crippen molar-refractivity contribution in [2.45, 2.75) is 30.5 Å². The van der Waals surface area contributed by atoms with Gasteiger partial charge in [-0.05, 0) is 0 Å². The first-order valence-electron chi connectivity index (χ1n) is 3.82. The number of nitrogens with zero attached hydrogens (tertiary/aromatic N) is 1. The van der Waals surface area contributed by atoms with E-state index in [2.05, 4.69) is 0 Å². The second kappa shape index (κ2) is 4.00. The van der Waals surface area contributed by atoms with Gasteiger partial charge in [0.2, 0.25) is 0 Å². The predicted molar refractivity (Wildman–Crippen MR) is 39.4 cm³/mol. The third-order valence-corrected chi connectivity index (χ3v) is 2.02. The van der Waals surface area contributed by atoms with Crippen molar-refractivity contribution in [2.75, 3.05) is 6.61 Å². The molecule has 0 bridgehead atoms. The molecule has 1 fully saturated rings. The molecule has 13 heavy (non-hydrogen) atoms. The molecular weight excluding hydrogens is 178 g/mol. The van der Waals surface area contributed by atoms with Gasteiger partial charge in [0.15, 0.2) is 6.10 Å². The van der Waals surface area contributed by atoms with Crippen molar-refractivity contribution >= 4 is 0 Å². The number of nitriles is 1. The summed E-state index contributed by atoms with van der Waals surface area (Å²) in [6.45, 7) is -0.511. The van der Waals surface area contributed by atoms with Crippen LogP contribution in [0.5, 0.6) is 0 Å². The van der Waals surface area contributed by atoms with E-state index in [0.29, 0.717) is 0 Å². The van der Waals surface area contributed by atoms with Crippen molar-refractivity contribution in [1.29, 1.82) is 5.26 Å². The van der Waals surface area contributed by atoms with Gasteiger partial charge in [0.25, 0.3) is 0 Å². The molecule has 74 valence electrons. The third-order valence-electron chi connectivity index (χ3n) is 2.02. The van der Waals surface area contributed by atoms with Crippen LogP contribution in [-0.4, -0.2) is 57.6 Å². The zero-order valence-electron chi connectivity index (χ0n) is 6.74. The van der Waals surface area contributed by atoms with Crippen LogP contribution in [-0.2, 0) is 4.74 Å². The lowest BCUT2D eigenvalue weighted by molar-refractivity contribution is -0.214. The van der Waals surface area contributed by atoms with Crippen LogP contribution >= 0.6 is 0 Å². The predicted octanol–water partition coefficient (Wildman–Crippen LogP) is -2.65. The molecule has 0 saturated carbocycles. The van der Waals surface area contributed by atoms with E-state index in [0.717, 1.165) is 0 Å². The van der Waals surface area contributed by atoms with Crippen molar-refractivity contribution in [3.8, 4) is 6.07 Å². The monoisotopic (exact) mass is 189 g/mol. The van der Waals surface area contributed by atoms with Gasteiger partial charge >= 0.3 is 0 Å². The smallest absolute Gasteiger partial charge is 0.172 e. The molecule has 6 heteroatoms. The van der Waals surface area contributed by atoms with E-state index in [1.54, 1.807) is 6.07 Å². The van der Waals surface area contributed by atoms with Crippen molar-refractivity contribution in [1.82, 2.24) is 0 Å². The summed E-state index contributed by atoms with van der Waals surface area (Å²) < 4.78 is 4.81. The Balaban J connectivity index is 2.73. The molecule has 0 aromatic carbocycles. The summed E-state index contributed by atoms with van der Waals surface area (Å²) in [5.41, 5.74) is 0. The fourth-order valence-electron chi connectivity index (χ4n) is 1.21. The Hall–Kier alpha value is -0.710. The molecule has 5 atom stereocenters. The van der Waals surface area contributed by atoms with Gasteiger partial charge in [-0.1, -0.05) is 0 Å². The fourth-order valence-corrected chi connectivity index (χ4v) is 1.21. The number of ether oxygens (including phenoxy) is 1. The Morgan fingerprint density at radius 1 is 1.15 bits per heavy atom. The second-order valence-electron chi connectivity index (χ2n) is 2.88. The van der Waals surface area contributed by atoms with E-state index in [4.69, 9.17) is 15.1 Å². The zero-order chi connectivity index (χ0) is 10.0. The summed E-state index contributed by atoms with van der Waals surface area (Å²) in [7, 11) is 0. The van der Waals surface area contributed by atoms with Crippen LogP contribution in [0.3, 0.4) is 0 Å². The van der Waals surface area contributed by atoms with Crippen LogP contribution in [0.4, 0.5) is 0 Å². The first-order valence-corrected chi connectivity index (χ1v) is 3.82. The quantitative estimate of drug-likeness (QED) is 0.358. The highest BCUT2D eigenvalue weighted by molar-refractivity contribution is 5.01. The van der Waals surface area contributed by atoms with Gasteiger partial charge in [-0.3, -0.25) is 0 Å². The molecule has 0 aromatic heterocycles. The highest BCUT2D eigenvalue weighted by Gasteiger charge is 2.43. The van der Waals surface area contributed by atoms with E-state index >= 15 is 0 Å². The van der Waals surface area contributed by atoms with Crippen LogP contribution < -0.4 is 0 Å². The molecule has 0 aliphatic carbocycles. The maximum atomic E-state index is 9.22. The average Bonchev–Trinajstić information content (AvgIpc) is 2.15. The highest BCUT2D eigenvalue weighted by atomic mass is 16.5. The zero-order valence-corrected chi connectivity index (χ0v) is 6.74. The second-order valence-corrected chi connectivity index (χ2v) is 2.88. The molecule has 0 amide bonds. The molecule has 1 rings (SSSR count). The first kappa shape index (κ1) is 10.4.